The number of aliphatic hydroxyl groups is 1. The van der Waals surface area contributed by atoms with E-state index in [-0.39, 0.29) is 0 Å². The first-order valence-corrected chi connectivity index (χ1v) is 8.79. The van der Waals surface area contributed by atoms with E-state index in [1.54, 1.807) is 23.1 Å². The fourth-order valence-corrected chi connectivity index (χ4v) is 3.71. The van der Waals surface area contributed by atoms with Gasteiger partial charge in [-0.05, 0) is 25.0 Å². The Kier molecular flexibility index (Phi) is 4.26. The van der Waals surface area contributed by atoms with E-state index in [0.29, 0.717) is 48.3 Å². The number of aromatic nitrogens is 4. The van der Waals surface area contributed by atoms with Gasteiger partial charge in [0.1, 0.15) is 12.0 Å². The number of nitrogen functional groups attached to an aromatic ring is 1. The number of halogens is 1. The summed E-state index contributed by atoms with van der Waals surface area (Å²) >= 11 is 6.28. The van der Waals surface area contributed by atoms with Crippen LogP contribution in [0.15, 0.2) is 49.1 Å². The quantitative estimate of drug-likeness (QED) is 0.735. The third-order valence-corrected chi connectivity index (χ3v) is 5.16. The van der Waals surface area contributed by atoms with Gasteiger partial charge in [0.2, 0.25) is 0 Å². The van der Waals surface area contributed by atoms with Crippen molar-refractivity contribution in [3.63, 3.8) is 0 Å². The average molecular weight is 371 g/mol. The van der Waals surface area contributed by atoms with E-state index in [4.69, 9.17) is 17.3 Å². The van der Waals surface area contributed by atoms with Crippen LogP contribution in [0, 0.1) is 0 Å². The molecule has 1 aromatic carbocycles. The van der Waals surface area contributed by atoms with Gasteiger partial charge in [0, 0.05) is 36.1 Å². The lowest BCUT2D eigenvalue weighted by molar-refractivity contribution is 0.0118. The highest BCUT2D eigenvalue weighted by atomic mass is 35.5. The maximum absolute atomic E-state index is 11.1. The van der Waals surface area contributed by atoms with Crippen LogP contribution in [-0.4, -0.2) is 37.9 Å². The van der Waals surface area contributed by atoms with Crippen LogP contribution in [0.5, 0.6) is 0 Å². The minimum absolute atomic E-state index is 0.472. The van der Waals surface area contributed by atoms with Gasteiger partial charge in [-0.2, -0.15) is 5.10 Å². The first kappa shape index (κ1) is 16.8. The summed E-state index contributed by atoms with van der Waals surface area (Å²) in [6.07, 6.45) is 6.02. The number of nitrogens with two attached hydrogens (primary N) is 1. The smallest absolute Gasteiger partial charge is 0.181 e. The number of rotatable bonds is 3. The van der Waals surface area contributed by atoms with Gasteiger partial charge in [-0.15, -0.1) is 0 Å². The number of hydrogen-bond donors (Lipinski definition) is 2. The van der Waals surface area contributed by atoms with Crippen molar-refractivity contribution in [2.75, 3.05) is 23.7 Å². The fourth-order valence-electron chi connectivity index (χ4n) is 3.40. The standard InChI is InChI=1S/C18H19ClN6O/c19-14-5-2-1-4-13(14)18(26)6-10-24(11-7-18)16-15(20)17(22-12-21-16)25-9-3-8-23-25/h1-5,8-9,12,26H,6-7,10-11,20H2. The van der Waals surface area contributed by atoms with E-state index in [1.807, 2.05) is 24.3 Å². The molecule has 0 atom stereocenters. The summed E-state index contributed by atoms with van der Waals surface area (Å²) in [7, 11) is 0. The molecule has 134 valence electrons. The highest BCUT2D eigenvalue weighted by Gasteiger charge is 2.36. The Morgan fingerprint density at radius 3 is 2.50 bits per heavy atom. The number of nitrogens with zero attached hydrogens (tertiary/aromatic N) is 5. The SMILES string of the molecule is Nc1c(N2CCC(O)(c3ccccc3Cl)CC2)ncnc1-n1cccn1. The molecule has 7 nitrogen and oxygen atoms in total. The maximum Gasteiger partial charge on any atom is 0.181 e. The number of anilines is 2. The lowest BCUT2D eigenvalue weighted by Gasteiger charge is -2.39. The van der Waals surface area contributed by atoms with Crippen LogP contribution < -0.4 is 10.6 Å². The van der Waals surface area contributed by atoms with Crippen molar-refractivity contribution in [3.8, 4) is 5.82 Å². The molecule has 8 heteroatoms. The van der Waals surface area contributed by atoms with Gasteiger partial charge in [0.25, 0.3) is 0 Å². The summed E-state index contributed by atoms with van der Waals surface area (Å²) in [4.78, 5) is 10.7. The third kappa shape index (κ3) is 2.89. The van der Waals surface area contributed by atoms with E-state index < -0.39 is 5.60 Å². The Bertz CT molecular complexity index is 906. The zero-order chi connectivity index (χ0) is 18.1. The summed E-state index contributed by atoms with van der Waals surface area (Å²) < 4.78 is 1.62. The fraction of sp³-hybridized carbons (Fsp3) is 0.278. The molecular weight excluding hydrogens is 352 g/mol. The normalized spacial score (nSPS) is 16.6. The van der Waals surface area contributed by atoms with Gasteiger partial charge in [0.05, 0.1) is 5.60 Å². The van der Waals surface area contributed by atoms with Crippen molar-refractivity contribution in [1.29, 1.82) is 0 Å². The largest absolute Gasteiger partial charge is 0.393 e. The van der Waals surface area contributed by atoms with E-state index in [9.17, 15) is 5.11 Å². The Labute approximate surface area is 156 Å². The third-order valence-electron chi connectivity index (χ3n) is 4.83. The van der Waals surface area contributed by atoms with E-state index in [1.165, 1.54) is 6.33 Å². The highest BCUT2D eigenvalue weighted by molar-refractivity contribution is 6.31. The topological polar surface area (TPSA) is 93.1 Å². The molecule has 3 heterocycles. The average Bonchev–Trinajstić information content (AvgIpc) is 3.18. The summed E-state index contributed by atoms with van der Waals surface area (Å²) in [5.74, 6) is 1.21. The van der Waals surface area contributed by atoms with Gasteiger partial charge < -0.3 is 15.7 Å². The lowest BCUT2D eigenvalue weighted by Crippen LogP contribution is -2.43. The van der Waals surface area contributed by atoms with E-state index in [0.717, 1.165) is 5.56 Å². The Hall–Kier alpha value is -2.64. The van der Waals surface area contributed by atoms with Crippen LogP contribution in [0.25, 0.3) is 5.82 Å². The second-order valence-electron chi connectivity index (χ2n) is 6.38. The molecule has 0 aliphatic carbocycles. The Balaban J connectivity index is 1.58. The van der Waals surface area contributed by atoms with Crippen LogP contribution in [0.4, 0.5) is 11.5 Å². The summed E-state index contributed by atoms with van der Waals surface area (Å²) in [6.45, 7) is 1.23. The Morgan fingerprint density at radius 2 is 1.81 bits per heavy atom. The second kappa shape index (κ2) is 6.59. The van der Waals surface area contributed by atoms with Crippen LogP contribution in [-0.2, 0) is 5.60 Å². The van der Waals surface area contributed by atoms with E-state index >= 15 is 0 Å². The Morgan fingerprint density at radius 1 is 1.08 bits per heavy atom. The molecule has 4 rings (SSSR count). The van der Waals surface area contributed by atoms with Crippen LogP contribution in [0.2, 0.25) is 5.02 Å². The lowest BCUT2D eigenvalue weighted by atomic mass is 9.84. The summed E-state index contributed by atoms with van der Waals surface area (Å²) in [5.41, 5.74) is 6.60. The molecule has 1 aliphatic rings. The molecule has 3 N–H and O–H groups in total. The van der Waals surface area contributed by atoms with Crippen molar-refractivity contribution in [2.45, 2.75) is 18.4 Å². The zero-order valence-electron chi connectivity index (χ0n) is 14.1. The molecule has 3 aromatic rings. The van der Waals surface area contributed by atoms with Crippen molar-refractivity contribution in [3.05, 3.63) is 59.6 Å². The van der Waals surface area contributed by atoms with Crippen molar-refractivity contribution >= 4 is 23.1 Å². The molecule has 1 aliphatic heterocycles. The summed E-state index contributed by atoms with van der Waals surface area (Å²) in [6, 6.07) is 9.26. The predicted molar refractivity (Wildman–Crippen MR) is 100 cm³/mol. The molecule has 1 fully saturated rings. The maximum atomic E-state index is 11.1. The van der Waals surface area contributed by atoms with Crippen molar-refractivity contribution in [1.82, 2.24) is 19.7 Å². The first-order valence-electron chi connectivity index (χ1n) is 8.41. The first-order chi connectivity index (χ1) is 12.6. The molecule has 0 saturated carbocycles. The highest BCUT2D eigenvalue weighted by Crippen LogP contribution is 2.38. The number of benzene rings is 1. The van der Waals surface area contributed by atoms with Crippen LogP contribution in [0.3, 0.4) is 0 Å². The van der Waals surface area contributed by atoms with Crippen molar-refractivity contribution in [2.24, 2.45) is 0 Å². The number of piperidine rings is 1. The molecule has 1 saturated heterocycles. The monoisotopic (exact) mass is 370 g/mol. The molecular formula is C18H19ClN6O. The molecule has 0 unspecified atom stereocenters. The van der Waals surface area contributed by atoms with E-state index in [2.05, 4.69) is 20.0 Å². The molecule has 2 aromatic heterocycles. The van der Waals surface area contributed by atoms with Gasteiger partial charge >= 0.3 is 0 Å². The van der Waals surface area contributed by atoms with Gasteiger partial charge in [-0.3, -0.25) is 0 Å². The van der Waals surface area contributed by atoms with Gasteiger partial charge in [0.15, 0.2) is 11.6 Å². The minimum atomic E-state index is -0.943. The zero-order valence-corrected chi connectivity index (χ0v) is 14.8. The predicted octanol–water partition coefficient (Wildman–Crippen LogP) is 2.39. The molecule has 0 spiro atoms. The number of hydrogen-bond acceptors (Lipinski definition) is 6. The van der Waals surface area contributed by atoms with Gasteiger partial charge in [-0.25, -0.2) is 14.6 Å². The molecule has 0 radical (unpaired) electrons. The van der Waals surface area contributed by atoms with Crippen LogP contribution >= 0.6 is 11.6 Å². The minimum Gasteiger partial charge on any atom is -0.393 e. The van der Waals surface area contributed by atoms with Crippen LogP contribution in [0.1, 0.15) is 18.4 Å². The molecule has 0 bridgehead atoms. The molecule has 0 amide bonds. The van der Waals surface area contributed by atoms with Crippen molar-refractivity contribution < 1.29 is 5.11 Å². The summed E-state index contributed by atoms with van der Waals surface area (Å²) in [5, 5.41) is 15.8. The van der Waals surface area contributed by atoms with Gasteiger partial charge in [-0.1, -0.05) is 29.8 Å². The molecule has 26 heavy (non-hydrogen) atoms. The second-order valence-corrected chi connectivity index (χ2v) is 6.79.